The number of carbonyl (C=O) groups is 3. The topological polar surface area (TPSA) is 145 Å². The van der Waals surface area contributed by atoms with E-state index in [0.29, 0.717) is 11.5 Å². The molecule has 3 aliphatic heterocycles. The molecule has 148 valence electrons. The first-order chi connectivity index (χ1) is 12.8. The molecule has 4 N–H and O–H groups in total. The number of aliphatic hydroxyl groups is 2. The number of carbonyl (C=O) groups excluding carboxylic acids is 1. The first kappa shape index (κ1) is 20.8. The molecule has 2 bridgehead atoms. The maximum Gasteiger partial charge on any atom is 0.338 e. The number of ether oxygens (including phenoxy) is 1. The molecule has 0 spiro atoms. The summed E-state index contributed by atoms with van der Waals surface area (Å²) >= 11 is 0. The molecule has 3 atom stereocenters. The van der Waals surface area contributed by atoms with E-state index in [1.165, 1.54) is 25.9 Å². The SMILES string of the molecule is O=C(O)[C@@H](O)[C@H](O)C(=O)O.O=C(O[C@@H]1CN2CCC1CC2)c1ccccc1. The summed E-state index contributed by atoms with van der Waals surface area (Å²) in [6.45, 7) is 3.26. The molecule has 3 heterocycles. The van der Waals surface area contributed by atoms with Gasteiger partial charge in [-0.05, 0) is 44.0 Å². The number of benzene rings is 1. The van der Waals surface area contributed by atoms with Crippen LogP contribution < -0.4 is 0 Å². The lowest BCUT2D eigenvalue weighted by Crippen LogP contribution is -2.51. The molecule has 4 rings (SSSR count). The van der Waals surface area contributed by atoms with Gasteiger partial charge in [-0.15, -0.1) is 0 Å². The summed E-state index contributed by atoms with van der Waals surface area (Å²) in [5.74, 6) is -3.14. The maximum absolute atomic E-state index is 11.9. The van der Waals surface area contributed by atoms with Crippen LogP contribution in [0.1, 0.15) is 23.2 Å². The second kappa shape index (κ2) is 9.45. The smallest absolute Gasteiger partial charge is 0.338 e. The van der Waals surface area contributed by atoms with E-state index in [2.05, 4.69) is 4.90 Å². The quantitative estimate of drug-likeness (QED) is 0.510. The Morgan fingerprint density at radius 2 is 1.48 bits per heavy atom. The van der Waals surface area contributed by atoms with E-state index < -0.39 is 24.1 Å². The van der Waals surface area contributed by atoms with Crippen molar-refractivity contribution < 1.29 is 39.5 Å². The zero-order valence-electron chi connectivity index (χ0n) is 14.6. The fourth-order valence-corrected chi connectivity index (χ4v) is 3.09. The predicted octanol–water partition coefficient (Wildman–Crippen LogP) is -0.185. The Labute approximate surface area is 155 Å². The molecular weight excluding hydrogens is 358 g/mol. The van der Waals surface area contributed by atoms with Gasteiger partial charge in [0, 0.05) is 6.54 Å². The molecule has 1 aromatic rings. The number of carboxylic acids is 2. The zero-order valence-corrected chi connectivity index (χ0v) is 14.6. The lowest BCUT2D eigenvalue weighted by Gasteiger charge is -2.43. The Hall–Kier alpha value is -2.49. The fourth-order valence-electron chi connectivity index (χ4n) is 3.09. The average Bonchev–Trinajstić information content (AvgIpc) is 2.68. The highest BCUT2D eigenvalue weighted by molar-refractivity contribution is 5.89. The summed E-state index contributed by atoms with van der Waals surface area (Å²) in [6.07, 6.45) is -2.08. The number of carboxylic acid groups (broad SMARTS) is 2. The number of hydrogen-bond donors (Lipinski definition) is 4. The van der Waals surface area contributed by atoms with Crippen LogP contribution >= 0.6 is 0 Å². The first-order valence-corrected chi connectivity index (χ1v) is 8.59. The van der Waals surface area contributed by atoms with Crippen LogP contribution in [-0.2, 0) is 14.3 Å². The molecular formula is C18H23NO8. The highest BCUT2D eigenvalue weighted by Gasteiger charge is 2.36. The van der Waals surface area contributed by atoms with Crippen molar-refractivity contribution in [2.75, 3.05) is 19.6 Å². The van der Waals surface area contributed by atoms with Crippen LogP contribution in [0.25, 0.3) is 0 Å². The minimum atomic E-state index is -2.27. The van der Waals surface area contributed by atoms with Gasteiger partial charge < -0.3 is 25.2 Å². The molecule has 3 fully saturated rings. The number of esters is 1. The van der Waals surface area contributed by atoms with Gasteiger partial charge in [0.2, 0.25) is 0 Å². The van der Waals surface area contributed by atoms with Gasteiger partial charge in [0.05, 0.1) is 5.56 Å². The molecule has 0 amide bonds. The fraction of sp³-hybridized carbons (Fsp3) is 0.500. The van der Waals surface area contributed by atoms with Crippen LogP contribution in [0.15, 0.2) is 30.3 Å². The van der Waals surface area contributed by atoms with E-state index in [1.807, 2.05) is 30.3 Å². The summed E-state index contributed by atoms with van der Waals surface area (Å²) < 4.78 is 5.63. The lowest BCUT2D eigenvalue weighted by molar-refractivity contribution is -0.165. The van der Waals surface area contributed by atoms with Gasteiger partial charge in [-0.2, -0.15) is 0 Å². The molecule has 0 saturated carbocycles. The Morgan fingerprint density at radius 3 is 1.89 bits per heavy atom. The van der Waals surface area contributed by atoms with Gasteiger partial charge in [0.1, 0.15) is 6.10 Å². The number of aliphatic hydroxyl groups excluding tert-OH is 2. The van der Waals surface area contributed by atoms with Gasteiger partial charge >= 0.3 is 17.9 Å². The first-order valence-electron chi connectivity index (χ1n) is 8.59. The van der Waals surface area contributed by atoms with Crippen molar-refractivity contribution in [3.63, 3.8) is 0 Å². The van der Waals surface area contributed by atoms with Crippen molar-refractivity contribution in [3.05, 3.63) is 35.9 Å². The highest BCUT2D eigenvalue weighted by Crippen LogP contribution is 2.29. The van der Waals surface area contributed by atoms with Crippen molar-refractivity contribution in [1.82, 2.24) is 4.90 Å². The van der Waals surface area contributed by atoms with Crippen LogP contribution in [0, 0.1) is 5.92 Å². The molecule has 27 heavy (non-hydrogen) atoms. The summed E-state index contributed by atoms with van der Waals surface area (Å²) in [5.41, 5.74) is 0.656. The second-order valence-corrected chi connectivity index (χ2v) is 6.51. The van der Waals surface area contributed by atoms with Gasteiger partial charge in [-0.1, -0.05) is 18.2 Å². The monoisotopic (exact) mass is 381 g/mol. The summed E-state index contributed by atoms with van der Waals surface area (Å²) in [4.78, 5) is 33.9. The molecule has 0 aliphatic carbocycles. The van der Waals surface area contributed by atoms with Crippen molar-refractivity contribution in [3.8, 4) is 0 Å². The molecule has 0 aromatic heterocycles. The number of fused-ring (bicyclic) bond motifs is 3. The molecule has 3 saturated heterocycles. The Bertz CT molecular complexity index is 639. The summed E-state index contributed by atoms with van der Waals surface area (Å²) in [6, 6.07) is 9.26. The molecule has 0 unspecified atom stereocenters. The summed E-state index contributed by atoms with van der Waals surface area (Å²) in [7, 11) is 0. The molecule has 9 nitrogen and oxygen atoms in total. The van der Waals surface area contributed by atoms with Crippen molar-refractivity contribution in [2.24, 2.45) is 5.92 Å². The minimum Gasteiger partial charge on any atom is -0.479 e. The largest absolute Gasteiger partial charge is 0.479 e. The third-order valence-electron chi connectivity index (χ3n) is 4.67. The highest BCUT2D eigenvalue weighted by atomic mass is 16.5. The van der Waals surface area contributed by atoms with E-state index in [9.17, 15) is 14.4 Å². The van der Waals surface area contributed by atoms with E-state index in [0.717, 1.165) is 6.54 Å². The van der Waals surface area contributed by atoms with Gasteiger partial charge in [-0.25, -0.2) is 14.4 Å². The van der Waals surface area contributed by atoms with Crippen LogP contribution in [0.2, 0.25) is 0 Å². The molecule has 0 radical (unpaired) electrons. The van der Waals surface area contributed by atoms with Gasteiger partial charge in [0.15, 0.2) is 12.2 Å². The maximum atomic E-state index is 11.9. The van der Waals surface area contributed by atoms with E-state index in [1.54, 1.807) is 0 Å². The zero-order chi connectivity index (χ0) is 20.0. The van der Waals surface area contributed by atoms with E-state index in [-0.39, 0.29) is 12.1 Å². The Morgan fingerprint density at radius 1 is 0.963 bits per heavy atom. The number of hydrogen-bond acceptors (Lipinski definition) is 7. The van der Waals surface area contributed by atoms with Crippen molar-refractivity contribution in [1.29, 1.82) is 0 Å². The third-order valence-corrected chi connectivity index (χ3v) is 4.67. The molecule has 1 aromatic carbocycles. The van der Waals surface area contributed by atoms with Gasteiger partial charge in [0.25, 0.3) is 0 Å². The molecule has 3 aliphatic rings. The predicted molar refractivity (Wildman–Crippen MR) is 92.1 cm³/mol. The Balaban J connectivity index is 0.000000227. The number of rotatable bonds is 5. The normalized spacial score (nSPS) is 25.5. The number of piperidine rings is 3. The molecule has 9 heteroatoms. The van der Waals surface area contributed by atoms with Gasteiger partial charge in [-0.3, -0.25) is 4.90 Å². The number of nitrogens with zero attached hydrogens (tertiary/aromatic N) is 1. The van der Waals surface area contributed by atoms with Crippen molar-refractivity contribution in [2.45, 2.75) is 31.2 Å². The van der Waals surface area contributed by atoms with Crippen LogP contribution in [0.5, 0.6) is 0 Å². The number of aliphatic carboxylic acids is 2. The van der Waals surface area contributed by atoms with Crippen molar-refractivity contribution >= 4 is 17.9 Å². The van der Waals surface area contributed by atoms with E-state index >= 15 is 0 Å². The lowest BCUT2D eigenvalue weighted by atomic mass is 9.86. The van der Waals surface area contributed by atoms with Crippen LogP contribution in [0.4, 0.5) is 0 Å². The second-order valence-electron chi connectivity index (χ2n) is 6.51. The minimum absolute atomic E-state index is 0.102. The van der Waals surface area contributed by atoms with Crippen LogP contribution in [0.3, 0.4) is 0 Å². The average molecular weight is 381 g/mol. The van der Waals surface area contributed by atoms with Crippen LogP contribution in [-0.4, -0.2) is 81.2 Å². The third kappa shape index (κ3) is 5.75. The summed E-state index contributed by atoms with van der Waals surface area (Å²) in [5, 5.41) is 32.5. The Kier molecular flexibility index (Phi) is 7.28. The van der Waals surface area contributed by atoms with E-state index in [4.69, 9.17) is 25.2 Å². The standard InChI is InChI=1S/C14H17NO2.C4H6O6/c16-14(12-4-2-1-3-5-12)17-13-10-15-8-6-11(13)7-9-15;5-1(3(7)8)2(6)4(9)10/h1-5,11,13H,6-10H2;1-2,5-6H,(H,7,8)(H,9,10)/t13-;1-,2-/m10/s1.